The predicted octanol–water partition coefficient (Wildman–Crippen LogP) is 5.11. The highest BCUT2D eigenvalue weighted by Crippen LogP contribution is 2.46. The van der Waals surface area contributed by atoms with Gasteiger partial charge in [-0.3, -0.25) is 29.9 Å². The minimum absolute atomic E-state index is 0.0592. The first-order valence-electron chi connectivity index (χ1n) is 17.3. The molecule has 0 radical (unpaired) electrons. The molecule has 3 aromatic rings. The standard InChI is InChI=1S/C37H41Cl2F3N6O4/c1-2-52-30-20-26(37(40,41)42)9-14-29(30)36(44-32(23-5-10-27(38)11-6-23)33(45-36)24-7-12-28(39)13-8-24)35(51)47-18-16-46(17-19-47)22-31(49)48-15-3-4-25(21-48)34(43)50/h5-14,20,25,32-33,44-45H,2-4,15-19,21-22H2,1H3,(H2,43,50). The summed E-state index contributed by atoms with van der Waals surface area (Å²) < 4.78 is 47.7. The lowest BCUT2D eigenvalue weighted by Crippen LogP contribution is -2.62. The van der Waals surface area contributed by atoms with Crippen LogP contribution in [0.3, 0.4) is 0 Å². The number of halogens is 5. The van der Waals surface area contributed by atoms with Crippen LogP contribution in [0, 0.1) is 5.92 Å². The summed E-state index contributed by atoms with van der Waals surface area (Å²) in [5, 5.41) is 8.08. The largest absolute Gasteiger partial charge is 0.493 e. The normalized spacial score (nSPS) is 24.2. The van der Waals surface area contributed by atoms with Crippen molar-refractivity contribution in [3.63, 3.8) is 0 Å². The Kier molecular flexibility index (Phi) is 11.4. The Bertz CT molecular complexity index is 1720. The number of likely N-dealkylation sites (tertiary alicyclic amines) is 1. The third kappa shape index (κ3) is 8.03. The third-order valence-corrected chi connectivity index (χ3v) is 10.6. The van der Waals surface area contributed by atoms with Gasteiger partial charge in [0, 0.05) is 54.9 Å². The molecule has 0 saturated carbocycles. The molecule has 4 N–H and O–H groups in total. The van der Waals surface area contributed by atoms with E-state index < -0.39 is 41.3 Å². The third-order valence-electron chi connectivity index (χ3n) is 10.1. The summed E-state index contributed by atoms with van der Waals surface area (Å²) in [6.45, 7) is 3.97. The fraction of sp³-hybridized carbons (Fsp3) is 0.432. The first kappa shape index (κ1) is 37.9. The molecule has 3 unspecified atom stereocenters. The number of rotatable bonds is 9. The van der Waals surface area contributed by atoms with E-state index in [2.05, 4.69) is 10.6 Å². The lowest BCUT2D eigenvalue weighted by molar-refractivity contribution is -0.142. The van der Waals surface area contributed by atoms with Crippen molar-refractivity contribution in [2.75, 3.05) is 52.4 Å². The highest BCUT2D eigenvalue weighted by Gasteiger charge is 2.55. The molecule has 0 bridgehead atoms. The van der Waals surface area contributed by atoms with E-state index in [4.69, 9.17) is 33.7 Å². The van der Waals surface area contributed by atoms with Gasteiger partial charge in [-0.15, -0.1) is 0 Å². The van der Waals surface area contributed by atoms with E-state index in [0.29, 0.717) is 49.1 Å². The first-order chi connectivity index (χ1) is 24.8. The van der Waals surface area contributed by atoms with E-state index in [0.717, 1.165) is 23.3 Å². The lowest BCUT2D eigenvalue weighted by atomic mass is 9.94. The Morgan fingerprint density at radius 1 is 0.865 bits per heavy atom. The molecule has 278 valence electrons. The Morgan fingerprint density at radius 3 is 1.96 bits per heavy atom. The second-order valence-corrected chi connectivity index (χ2v) is 14.3. The molecule has 3 aliphatic rings. The molecular weight excluding hydrogens is 720 g/mol. The second-order valence-electron chi connectivity index (χ2n) is 13.4. The average molecular weight is 762 g/mol. The number of carbonyl (C=O) groups is 3. The number of piperazine rings is 1. The second kappa shape index (κ2) is 15.6. The molecule has 3 aromatic carbocycles. The van der Waals surface area contributed by atoms with Gasteiger partial charge in [0.2, 0.25) is 11.8 Å². The van der Waals surface area contributed by atoms with Crippen LogP contribution in [-0.4, -0.2) is 84.8 Å². The van der Waals surface area contributed by atoms with Crippen molar-refractivity contribution in [2.45, 2.75) is 43.7 Å². The van der Waals surface area contributed by atoms with Gasteiger partial charge in [-0.1, -0.05) is 53.5 Å². The summed E-state index contributed by atoms with van der Waals surface area (Å²) in [6, 6.07) is 16.4. The van der Waals surface area contributed by atoms with Crippen molar-refractivity contribution in [3.05, 3.63) is 99.0 Å². The molecule has 10 nitrogen and oxygen atoms in total. The van der Waals surface area contributed by atoms with Crippen LogP contribution < -0.4 is 21.1 Å². The van der Waals surface area contributed by atoms with Gasteiger partial charge in [0.15, 0.2) is 5.66 Å². The Morgan fingerprint density at radius 2 is 1.44 bits per heavy atom. The monoisotopic (exact) mass is 760 g/mol. The Labute approximate surface area is 310 Å². The van der Waals surface area contributed by atoms with Gasteiger partial charge < -0.3 is 20.3 Å². The number of piperidine rings is 1. The summed E-state index contributed by atoms with van der Waals surface area (Å²) in [5.41, 5.74) is 4.64. The van der Waals surface area contributed by atoms with Crippen molar-refractivity contribution in [1.29, 1.82) is 0 Å². The number of hydrogen-bond donors (Lipinski definition) is 3. The smallest absolute Gasteiger partial charge is 0.416 e. The highest BCUT2D eigenvalue weighted by molar-refractivity contribution is 6.30. The maximum absolute atomic E-state index is 15.0. The van der Waals surface area contributed by atoms with Crippen LogP contribution >= 0.6 is 23.2 Å². The van der Waals surface area contributed by atoms with E-state index in [1.807, 2.05) is 29.2 Å². The fourth-order valence-corrected chi connectivity index (χ4v) is 7.57. The van der Waals surface area contributed by atoms with E-state index in [-0.39, 0.29) is 49.4 Å². The van der Waals surface area contributed by atoms with Crippen molar-refractivity contribution in [3.8, 4) is 5.75 Å². The summed E-state index contributed by atoms with van der Waals surface area (Å²) in [7, 11) is 0. The Balaban J connectivity index is 1.33. The number of ether oxygens (including phenoxy) is 1. The van der Waals surface area contributed by atoms with Crippen LogP contribution in [0.2, 0.25) is 10.0 Å². The van der Waals surface area contributed by atoms with Crippen LogP contribution in [0.5, 0.6) is 5.75 Å². The number of hydrogen-bond acceptors (Lipinski definition) is 7. The molecule has 3 heterocycles. The number of nitrogens with one attached hydrogen (secondary N) is 2. The van der Waals surface area contributed by atoms with E-state index in [1.54, 1.807) is 41.0 Å². The fourth-order valence-electron chi connectivity index (χ4n) is 7.32. The van der Waals surface area contributed by atoms with Gasteiger partial charge in [-0.05, 0) is 67.3 Å². The molecule has 3 aliphatic heterocycles. The van der Waals surface area contributed by atoms with Crippen molar-refractivity contribution >= 4 is 40.9 Å². The van der Waals surface area contributed by atoms with Crippen LogP contribution in [0.25, 0.3) is 0 Å². The maximum atomic E-state index is 15.0. The van der Waals surface area contributed by atoms with Gasteiger partial charge >= 0.3 is 6.18 Å². The molecule has 0 aromatic heterocycles. The molecule has 3 fully saturated rings. The molecule has 0 spiro atoms. The van der Waals surface area contributed by atoms with Gasteiger partial charge in [-0.25, -0.2) is 0 Å². The molecule has 3 atom stereocenters. The summed E-state index contributed by atoms with van der Waals surface area (Å²) in [4.78, 5) is 45.3. The molecule has 6 rings (SSSR count). The average Bonchev–Trinajstić information content (AvgIpc) is 3.53. The van der Waals surface area contributed by atoms with Gasteiger partial charge in [0.1, 0.15) is 5.75 Å². The topological polar surface area (TPSA) is 120 Å². The quantitative estimate of drug-likeness (QED) is 0.278. The number of amides is 3. The summed E-state index contributed by atoms with van der Waals surface area (Å²) >= 11 is 12.5. The molecular formula is C37H41Cl2F3N6O4. The minimum Gasteiger partial charge on any atom is -0.493 e. The zero-order chi connectivity index (χ0) is 37.2. The molecule has 3 amide bonds. The zero-order valence-electron chi connectivity index (χ0n) is 28.6. The number of alkyl halides is 3. The molecule has 52 heavy (non-hydrogen) atoms. The molecule has 0 aliphatic carbocycles. The number of nitrogens with zero attached hydrogens (tertiary/aromatic N) is 3. The number of nitrogens with two attached hydrogens (primary N) is 1. The van der Waals surface area contributed by atoms with Crippen molar-refractivity contribution < 1.29 is 32.3 Å². The summed E-state index contributed by atoms with van der Waals surface area (Å²) in [5.74, 6) is -1.38. The van der Waals surface area contributed by atoms with Crippen molar-refractivity contribution in [2.24, 2.45) is 11.7 Å². The number of benzene rings is 3. The van der Waals surface area contributed by atoms with Crippen LogP contribution in [0.15, 0.2) is 66.7 Å². The predicted molar refractivity (Wildman–Crippen MR) is 190 cm³/mol. The maximum Gasteiger partial charge on any atom is 0.416 e. The lowest BCUT2D eigenvalue weighted by Gasteiger charge is -2.41. The number of primary amides is 1. The SMILES string of the molecule is CCOc1cc(C(F)(F)F)ccc1C1(C(=O)N2CCN(CC(=O)N3CCCC(C(N)=O)C3)CC2)NC(c2ccc(Cl)cc2)C(c2ccc(Cl)cc2)N1. The number of carbonyl (C=O) groups excluding carboxylic acids is 3. The van der Waals surface area contributed by atoms with Gasteiger partial charge in [0.05, 0.1) is 36.7 Å². The Hall–Kier alpha value is -3.88. The first-order valence-corrected chi connectivity index (χ1v) is 18.0. The van der Waals surface area contributed by atoms with Gasteiger partial charge in [0.25, 0.3) is 5.91 Å². The molecule has 3 saturated heterocycles. The van der Waals surface area contributed by atoms with Crippen LogP contribution in [0.1, 0.15) is 54.1 Å². The van der Waals surface area contributed by atoms with Crippen LogP contribution in [-0.2, 0) is 26.2 Å². The van der Waals surface area contributed by atoms with E-state index >= 15 is 4.79 Å². The summed E-state index contributed by atoms with van der Waals surface area (Å²) in [6.07, 6.45) is -3.28. The van der Waals surface area contributed by atoms with E-state index in [1.165, 1.54) is 6.07 Å². The highest BCUT2D eigenvalue weighted by atomic mass is 35.5. The van der Waals surface area contributed by atoms with Crippen LogP contribution in [0.4, 0.5) is 13.2 Å². The van der Waals surface area contributed by atoms with Crippen molar-refractivity contribution in [1.82, 2.24) is 25.3 Å². The van der Waals surface area contributed by atoms with Gasteiger partial charge in [-0.2, -0.15) is 13.2 Å². The minimum atomic E-state index is -4.64. The van der Waals surface area contributed by atoms with E-state index in [9.17, 15) is 22.8 Å². The molecule has 15 heteroatoms. The zero-order valence-corrected chi connectivity index (χ0v) is 30.1.